The molecule has 108 valence electrons. The van der Waals surface area contributed by atoms with Crippen molar-refractivity contribution in [2.24, 2.45) is 5.41 Å². The van der Waals surface area contributed by atoms with E-state index >= 15 is 0 Å². The fourth-order valence-electron chi connectivity index (χ4n) is 3.78. The first-order valence-corrected chi connectivity index (χ1v) is 7.06. The number of rotatable bonds is 3. The summed E-state index contributed by atoms with van der Waals surface area (Å²) in [5.41, 5.74) is 0.350. The molecule has 1 saturated carbocycles. The molecule has 1 aliphatic heterocycles. The van der Waals surface area contributed by atoms with Crippen LogP contribution in [0.3, 0.4) is 0 Å². The van der Waals surface area contributed by atoms with Gasteiger partial charge in [0.2, 0.25) is 0 Å². The van der Waals surface area contributed by atoms with Crippen molar-refractivity contribution >= 4 is 5.97 Å². The molecule has 0 bridgehead atoms. The molecule has 0 atom stereocenters. The van der Waals surface area contributed by atoms with E-state index in [1.807, 2.05) is 24.3 Å². The Morgan fingerprint density at radius 3 is 2.30 bits per heavy atom. The average molecular weight is 276 g/mol. The van der Waals surface area contributed by atoms with Gasteiger partial charge in [0.15, 0.2) is 0 Å². The third kappa shape index (κ3) is 1.99. The Balaban J connectivity index is 1.85. The minimum absolute atomic E-state index is 0.177. The van der Waals surface area contributed by atoms with E-state index in [0.29, 0.717) is 0 Å². The van der Waals surface area contributed by atoms with Gasteiger partial charge in [0, 0.05) is 13.2 Å². The molecule has 1 N–H and O–H groups in total. The van der Waals surface area contributed by atoms with E-state index in [1.54, 1.807) is 7.11 Å². The molecule has 0 unspecified atom stereocenters. The summed E-state index contributed by atoms with van der Waals surface area (Å²) < 4.78 is 10.5. The maximum absolute atomic E-state index is 11.8. The second kappa shape index (κ2) is 4.77. The zero-order valence-electron chi connectivity index (χ0n) is 11.7. The van der Waals surface area contributed by atoms with Crippen molar-refractivity contribution in [3.8, 4) is 5.75 Å². The number of benzene rings is 1. The molecule has 4 heteroatoms. The normalized spacial score (nSPS) is 23.1. The van der Waals surface area contributed by atoms with E-state index in [9.17, 15) is 9.90 Å². The highest BCUT2D eigenvalue weighted by Crippen LogP contribution is 2.60. The van der Waals surface area contributed by atoms with Crippen LogP contribution < -0.4 is 4.74 Å². The van der Waals surface area contributed by atoms with E-state index in [2.05, 4.69) is 0 Å². The van der Waals surface area contributed by atoms with E-state index in [0.717, 1.165) is 50.2 Å². The van der Waals surface area contributed by atoms with Crippen LogP contribution in [0.1, 0.15) is 31.2 Å². The minimum Gasteiger partial charge on any atom is -0.497 e. The first-order valence-electron chi connectivity index (χ1n) is 7.06. The lowest BCUT2D eigenvalue weighted by atomic mass is 9.48. The monoisotopic (exact) mass is 276 g/mol. The molecule has 1 saturated heterocycles. The fraction of sp³-hybridized carbons (Fsp3) is 0.562. The second-order valence-electron chi connectivity index (χ2n) is 6.08. The highest BCUT2D eigenvalue weighted by atomic mass is 16.5. The van der Waals surface area contributed by atoms with Gasteiger partial charge in [0.25, 0.3) is 0 Å². The topological polar surface area (TPSA) is 55.8 Å². The van der Waals surface area contributed by atoms with Gasteiger partial charge in [0.1, 0.15) is 5.75 Å². The van der Waals surface area contributed by atoms with Crippen molar-refractivity contribution < 1.29 is 19.4 Å². The predicted octanol–water partition coefficient (Wildman–Crippen LogP) is 2.61. The van der Waals surface area contributed by atoms with Crippen LogP contribution in [0.4, 0.5) is 0 Å². The molecule has 0 aromatic heterocycles. The summed E-state index contributed by atoms with van der Waals surface area (Å²) in [6.45, 7) is 1.52. The molecule has 2 aliphatic rings. The lowest BCUT2D eigenvalue weighted by Gasteiger charge is -2.56. The first kappa shape index (κ1) is 13.4. The molecule has 20 heavy (non-hydrogen) atoms. The van der Waals surface area contributed by atoms with Crippen molar-refractivity contribution in [2.45, 2.75) is 31.1 Å². The van der Waals surface area contributed by atoms with Gasteiger partial charge in [-0.25, -0.2) is 0 Å². The highest BCUT2D eigenvalue weighted by Gasteiger charge is 2.59. The molecular formula is C16H20O4. The Kier molecular flexibility index (Phi) is 3.21. The molecular weight excluding hydrogens is 256 g/mol. The SMILES string of the molecule is COc1ccc(C2(C(=O)O)CC3(CCOCC3)C2)cc1. The van der Waals surface area contributed by atoms with Gasteiger partial charge < -0.3 is 14.6 Å². The Morgan fingerprint density at radius 1 is 1.20 bits per heavy atom. The van der Waals surface area contributed by atoms with E-state index in [1.165, 1.54) is 0 Å². The Labute approximate surface area is 118 Å². The molecule has 4 nitrogen and oxygen atoms in total. The van der Waals surface area contributed by atoms with Gasteiger partial charge >= 0.3 is 5.97 Å². The molecule has 1 aromatic rings. The number of carboxylic acid groups (broad SMARTS) is 1. The van der Waals surface area contributed by atoms with Gasteiger partial charge in [-0.2, -0.15) is 0 Å². The maximum atomic E-state index is 11.8. The summed E-state index contributed by atoms with van der Waals surface area (Å²) in [5.74, 6) is 0.0502. The van der Waals surface area contributed by atoms with E-state index in [-0.39, 0.29) is 5.41 Å². The highest BCUT2D eigenvalue weighted by molar-refractivity contribution is 5.83. The molecule has 3 rings (SSSR count). The molecule has 2 fully saturated rings. The van der Waals surface area contributed by atoms with Gasteiger partial charge in [-0.15, -0.1) is 0 Å². The van der Waals surface area contributed by atoms with Crippen molar-refractivity contribution in [2.75, 3.05) is 20.3 Å². The van der Waals surface area contributed by atoms with Crippen molar-refractivity contribution in [3.05, 3.63) is 29.8 Å². The van der Waals surface area contributed by atoms with Crippen molar-refractivity contribution in [3.63, 3.8) is 0 Å². The standard InChI is InChI=1S/C16H20O4/c1-19-13-4-2-12(3-5-13)16(14(17)18)10-15(11-16)6-8-20-9-7-15/h2-5H,6-11H2,1H3,(H,17,18). The Morgan fingerprint density at radius 2 is 1.80 bits per heavy atom. The minimum atomic E-state index is -0.719. The lowest BCUT2D eigenvalue weighted by Crippen LogP contribution is -2.56. The van der Waals surface area contributed by atoms with Crippen LogP contribution >= 0.6 is 0 Å². The number of hydrogen-bond donors (Lipinski definition) is 1. The number of ether oxygens (including phenoxy) is 2. The third-order valence-corrected chi connectivity index (χ3v) is 4.96. The maximum Gasteiger partial charge on any atom is 0.314 e. The van der Waals surface area contributed by atoms with Crippen LogP contribution in [0.25, 0.3) is 0 Å². The van der Waals surface area contributed by atoms with Crippen LogP contribution in [0.2, 0.25) is 0 Å². The molecule has 0 amide bonds. The zero-order chi connectivity index (χ0) is 14.2. The van der Waals surface area contributed by atoms with Gasteiger partial charge in [-0.1, -0.05) is 12.1 Å². The summed E-state index contributed by atoms with van der Waals surface area (Å²) in [7, 11) is 1.61. The zero-order valence-corrected chi connectivity index (χ0v) is 11.7. The Hall–Kier alpha value is -1.55. The smallest absolute Gasteiger partial charge is 0.314 e. The molecule has 1 aromatic carbocycles. The van der Waals surface area contributed by atoms with Crippen molar-refractivity contribution in [1.82, 2.24) is 0 Å². The lowest BCUT2D eigenvalue weighted by molar-refractivity contribution is -0.160. The molecule has 0 radical (unpaired) electrons. The number of methoxy groups -OCH3 is 1. The molecule has 1 spiro atoms. The predicted molar refractivity (Wildman–Crippen MR) is 74.0 cm³/mol. The first-order chi connectivity index (χ1) is 9.60. The van der Waals surface area contributed by atoms with Gasteiger partial charge in [0.05, 0.1) is 12.5 Å². The van der Waals surface area contributed by atoms with Crippen LogP contribution in [-0.2, 0) is 14.9 Å². The van der Waals surface area contributed by atoms with Crippen LogP contribution in [-0.4, -0.2) is 31.4 Å². The molecule has 1 aliphatic carbocycles. The summed E-state index contributed by atoms with van der Waals surface area (Å²) >= 11 is 0. The summed E-state index contributed by atoms with van der Waals surface area (Å²) in [6, 6.07) is 7.46. The number of carbonyl (C=O) groups is 1. The average Bonchev–Trinajstić information content (AvgIpc) is 2.45. The summed E-state index contributed by atoms with van der Waals surface area (Å²) in [6.07, 6.45) is 3.42. The molecule has 1 heterocycles. The van der Waals surface area contributed by atoms with E-state index < -0.39 is 11.4 Å². The van der Waals surface area contributed by atoms with Gasteiger partial charge in [-0.3, -0.25) is 4.79 Å². The second-order valence-corrected chi connectivity index (χ2v) is 6.08. The van der Waals surface area contributed by atoms with Crippen molar-refractivity contribution in [1.29, 1.82) is 0 Å². The summed E-state index contributed by atoms with van der Waals surface area (Å²) in [5, 5.41) is 9.72. The quantitative estimate of drug-likeness (QED) is 0.922. The van der Waals surface area contributed by atoms with Gasteiger partial charge in [-0.05, 0) is 48.8 Å². The Bertz CT molecular complexity index is 492. The number of hydrogen-bond acceptors (Lipinski definition) is 3. The number of aliphatic carboxylic acids is 1. The van der Waals surface area contributed by atoms with E-state index in [4.69, 9.17) is 9.47 Å². The fourth-order valence-corrected chi connectivity index (χ4v) is 3.78. The van der Waals surface area contributed by atoms with Crippen LogP contribution in [0.5, 0.6) is 5.75 Å². The van der Waals surface area contributed by atoms with Crippen LogP contribution in [0.15, 0.2) is 24.3 Å². The van der Waals surface area contributed by atoms with Crippen LogP contribution in [0, 0.1) is 5.41 Å². The summed E-state index contributed by atoms with van der Waals surface area (Å²) in [4.78, 5) is 11.8. The number of carboxylic acids is 1. The third-order valence-electron chi connectivity index (χ3n) is 4.96. The largest absolute Gasteiger partial charge is 0.497 e.